The molecule has 0 bridgehead atoms. The predicted octanol–water partition coefficient (Wildman–Crippen LogP) is 2.92. The molecule has 1 atom stereocenters. The molecule has 0 saturated heterocycles. The average molecular weight is 282 g/mol. The summed E-state index contributed by atoms with van der Waals surface area (Å²) in [7, 11) is 0. The minimum absolute atomic E-state index is 0.0835. The number of amides is 1. The van der Waals surface area contributed by atoms with Crippen molar-refractivity contribution in [2.75, 3.05) is 0 Å². The number of rotatable bonds is 3. The molecule has 19 heavy (non-hydrogen) atoms. The summed E-state index contributed by atoms with van der Waals surface area (Å²) in [6, 6.07) is 0.295. The van der Waals surface area contributed by atoms with Crippen molar-refractivity contribution in [2.24, 2.45) is 16.6 Å². The van der Waals surface area contributed by atoms with E-state index in [1.165, 1.54) is 12.8 Å². The smallest absolute Gasteiger partial charge is 0.233 e. The van der Waals surface area contributed by atoms with Gasteiger partial charge >= 0.3 is 0 Å². The van der Waals surface area contributed by atoms with Gasteiger partial charge in [-0.1, -0.05) is 45.3 Å². The van der Waals surface area contributed by atoms with Gasteiger partial charge in [0.25, 0.3) is 0 Å². The third-order valence-corrected chi connectivity index (χ3v) is 5.29. The summed E-state index contributed by atoms with van der Waals surface area (Å²) >= 11 is 5.17. The molecule has 0 heterocycles. The average Bonchev–Trinajstić information content (AvgIpc) is 2.77. The highest BCUT2D eigenvalue weighted by Gasteiger charge is 2.45. The molecule has 2 rings (SSSR count). The Kier molecular flexibility index (Phi) is 4.19. The van der Waals surface area contributed by atoms with Crippen LogP contribution in [-0.4, -0.2) is 16.9 Å². The Labute approximate surface area is 121 Å². The second-order valence-electron chi connectivity index (χ2n) is 7.08. The van der Waals surface area contributed by atoms with Crippen LogP contribution in [0.5, 0.6) is 0 Å². The maximum Gasteiger partial charge on any atom is 0.233 e. The molecule has 108 valence electrons. The number of hydrogen-bond acceptors (Lipinski definition) is 2. The molecule has 4 heteroatoms. The fourth-order valence-electron chi connectivity index (χ4n) is 3.71. The van der Waals surface area contributed by atoms with Gasteiger partial charge in [-0.25, -0.2) is 0 Å². The van der Waals surface area contributed by atoms with E-state index in [1.807, 2.05) is 0 Å². The minimum atomic E-state index is -0.559. The second kappa shape index (κ2) is 5.39. The first-order valence-corrected chi connectivity index (χ1v) is 7.87. The lowest BCUT2D eigenvalue weighted by molar-refractivity contribution is -0.128. The zero-order chi connectivity index (χ0) is 14.1. The third-order valence-electron chi connectivity index (χ3n) is 4.90. The zero-order valence-corrected chi connectivity index (χ0v) is 12.9. The summed E-state index contributed by atoms with van der Waals surface area (Å²) in [6.45, 7) is 4.56. The van der Waals surface area contributed by atoms with Gasteiger partial charge in [-0.3, -0.25) is 4.79 Å². The van der Waals surface area contributed by atoms with E-state index >= 15 is 0 Å². The summed E-state index contributed by atoms with van der Waals surface area (Å²) in [5.74, 6) is 0.0835. The zero-order valence-electron chi connectivity index (χ0n) is 12.1. The Morgan fingerprint density at radius 2 is 1.84 bits per heavy atom. The fourth-order valence-corrected chi connectivity index (χ4v) is 4.01. The highest BCUT2D eigenvalue weighted by Crippen LogP contribution is 2.40. The van der Waals surface area contributed by atoms with Crippen molar-refractivity contribution in [2.45, 2.75) is 71.3 Å². The van der Waals surface area contributed by atoms with Gasteiger partial charge in [0.2, 0.25) is 5.91 Å². The van der Waals surface area contributed by atoms with Gasteiger partial charge < -0.3 is 11.1 Å². The van der Waals surface area contributed by atoms with Crippen LogP contribution in [0.25, 0.3) is 0 Å². The van der Waals surface area contributed by atoms with E-state index in [2.05, 4.69) is 19.2 Å². The maximum absolute atomic E-state index is 12.6. The van der Waals surface area contributed by atoms with Gasteiger partial charge in [-0.2, -0.15) is 0 Å². The van der Waals surface area contributed by atoms with Crippen LogP contribution >= 0.6 is 12.2 Å². The van der Waals surface area contributed by atoms with Gasteiger partial charge in [0.05, 0.1) is 10.4 Å². The lowest BCUT2D eigenvalue weighted by atomic mass is 9.74. The van der Waals surface area contributed by atoms with Crippen LogP contribution in [0.4, 0.5) is 0 Å². The van der Waals surface area contributed by atoms with E-state index in [9.17, 15) is 4.79 Å². The molecule has 2 saturated carbocycles. The summed E-state index contributed by atoms with van der Waals surface area (Å²) in [4.78, 5) is 13.0. The molecule has 2 aliphatic rings. The van der Waals surface area contributed by atoms with Crippen molar-refractivity contribution in [1.29, 1.82) is 0 Å². The third kappa shape index (κ3) is 3.10. The van der Waals surface area contributed by atoms with Crippen LogP contribution in [0.15, 0.2) is 0 Å². The molecule has 0 aliphatic heterocycles. The number of nitrogens with one attached hydrogen (secondary N) is 1. The van der Waals surface area contributed by atoms with Crippen molar-refractivity contribution < 1.29 is 4.79 Å². The Bertz CT molecular complexity index is 372. The topological polar surface area (TPSA) is 55.1 Å². The lowest BCUT2D eigenvalue weighted by Gasteiger charge is -2.37. The SMILES string of the molecule is CC1(C)CCCC(NC(=O)C2(C(N)=S)CCCC2)C1. The molecule has 0 aromatic heterocycles. The van der Waals surface area contributed by atoms with Crippen molar-refractivity contribution in [3.05, 3.63) is 0 Å². The highest BCUT2D eigenvalue weighted by molar-refractivity contribution is 7.80. The first-order chi connectivity index (χ1) is 8.86. The van der Waals surface area contributed by atoms with Gasteiger partial charge in [0.1, 0.15) is 0 Å². The molecular formula is C15H26N2OS. The van der Waals surface area contributed by atoms with Crippen LogP contribution in [0, 0.1) is 10.8 Å². The summed E-state index contributed by atoms with van der Waals surface area (Å²) < 4.78 is 0. The molecule has 3 N–H and O–H groups in total. The normalized spacial score (nSPS) is 28.8. The number of thiocarbonyl (C=S) groups is 1. The van der Waals surface area contributed by atoms with Crippen LogP contribution in [0.2, 0.25) is 0 Å². The summed E-state index contributed by atoms with van der Waals surface area (Å²) in [5, 5.41) is 3.23. The number of nitrogens with two attached hydrogens (primary N) is 1. The standard InChI is InChI=1S/C15H26N2OS/c1-14(2)7-5-6-11(10-14)17-13(18)15(12(16)19)8-3-4-9-15/h11H,3-10H2,1-2H3,(H2,16,19)(H,17,18). The molecule has 1 unspecified atom stereocenters. The number of carbonyl (C=O) groups excluding carboxylic acids is 1. The first kappa shape index (κ1) is 14.8. The Morgan fingerprint density at radius 3 is 2.37 bits per heavy atom. The van der Waals surface area contributed by atoms with Crippen molar-refractivity contribution in [3.63, 3.8) is 0 Å². The Balaban J connectivity index is 2.02. The number of hydrogen-bond donors (Lipinski definition) is 2. The molecule has 2 aliphatic carbocycles. The van der Waals surface area contributed by atoms with E-state index in [0.717, 1.165) is 38.5 Å². The molecule has 1 amide bonds. The van der Waals surface area contributed by atoms with Crippen molar-refractivity contribution in [3.8, 4) is 0 Å². The van der Waals surface area contributed by atoms with E-state index in [-0.39, 0.29) is 5.91 Å². The monoisotopic (exact) mass is 282 g/mol. The molecule has 0 aromatic rings. The first-order valence-electron chi connectivity index (χ1n) is 7.47. The van der Waals surface area contributed by atoms with E-state index in [4.69, 9.17) is 18.0 Å². The number of carbonyl (C=O) groups is 1. The summed E-state index contributed by atoms with van der Waals surface area (Å²) in [6.07, 6.45) is 8.35. The lowest BCUT2D eigenvalue weighted by Crippen LogP contribution is -2.51. The maximum atomic E-state index is 12.6. The molecule has 0 aromatic carbocycles. The molecule has 2 fully saturated rings. The van der Waals surface area contributed by atoms with E-state index < -0.39 is 5.41 Å². The molecule has 0 spiro atoms. The van der Waals surface area contributed by atoms with E-state index in [0.29, 0.717) is 16.4 Å². The van der Waals surface area contributed by atoms with Gasteiger partial charge in [0, 0.05) is 6.04 Å². The molecular weight excluding hydrogens is 256 g/mol. The second-order valence-corrected chi connectivity index (χ2v) is 7.52. The Morgan fingerprint density at radius 1 is 1.21 bits per heavy atom. The van der Waals surface area contributed by atoms with Crippen LogP contribution < -0.4 is 11.1 Å². The van der Waals surface area contributed by atoms with Crippen LogP contribution in [0.1, 0.15) is 65.2 Å². The highest BCUT2D eigenvalue weighted by atomic mass is 32.1. The van der Waals surface area contributed by atoms with Gasteiger partial charge in [-0.05, 0) is 37.5 Å². The van der Waals surface area contributed by atoms with Crippen LogP contribution in [-0.2, 0) is 4.79 Å². The fraction of sp³-hybridized carbons (Fsp3) is 0.867. The molecule has 3 nitrogen and oxygen atoms in total. The molecule has 0 radical (unpaired) electrons. The quantitative estimate of drug-likeness (QED) is 0.783. The van der Waals surface area contributed by atoms with Crippen LogP contribution in [0.3, 0.4) is 0 Å². The van der Waals surface area contributed by atoms with Gasteiger partial charge in [-0.15, -0.1) is 0 Å². The van der Waals surface area contributed by atoms with Crippen molar-refractivity contribution in [1.82, 2.24) is 5.32 Å². The van der Waals surface area contributed by atoms with Crippen molar-refractivity contribution >= 4 is 23.1 Å². The predicted molar refractivity (Wildman–Crippen MR) is 81.9 cm³/mol. The summed E-state index contributed by atoms with van der Waals surface area (Å²) in [5.41, 5.74) is 5.64. The largest absolute Gasteiger partial charge is 0.392 e. The van der Waals surface area contributed by atoms with Gasteiger partial charge in [0.15, 0.2) is 0 Å². The minimum Gasteiger partial charge on any atom is -0.392 e. The van der Waals surface area contributed by atoms with E-state index in [1.54, 1.807) is 0 Å². The Hall–Kier alpha value is -0.640.